The first-order chi connectivity index (χ1) is 6.33. The molecule has 14 heavy (non-hydrogen) atoms. The zero-order valence-electron chi connectivity index (χ0n) is 6.61. The van der Waals surface area contributed by atoms with E-state index >= 15 is 0 Å². The van der Waals surface area contributed by atoms with Crippen molar-refractivity contribution in [1.82, 2.24) is 10.2 Å². The van der Waals surface area contributed by atoms with E-state index in [1.807, 2.05) is 0 Å². The van der Waals surface area contributed by atoms with Crippen LogP contribution in [0.2, 0.25) is 0 Å². The number of hydrogen-bond donors (Lipinski definition) is 1. The minimum Gasteiger partial charge on any atom is -0.484 e. The molecule has 0 radical (unpaired) electrons. The molecule has 1 heterocycles. The van der Waals surface area contributed by atoms with Crippen LogP contribution >= 0.6 is 0 Å². The lowest BCUT2D eigenvalue weighted by Gasteiger charge is -2.18. The van der Waals surface area contributed by atoms with Gasteiger partial charge in [-0.15, -0.1) is 0 Å². The number of hydrogen-bond acceptors (Lipinski definition) is 2. The van der Waals surface area contributed by atoms with Crippen LogP contribution in [-0.2, 0) is 0 Å². The van der Waals surface area contributed by atoms with Crippen molar-refractivity contribution in [2.45, 2.75) is 12.1 Å². The summed E-state index contributed by atoms with van der Waals surface area (Å²) in [5, 5.41) is 5.51. The van der Waals surface area contributed by atoms with Crippen LogP contribution in [0.1, 0.15) is 0 Å². The molecule has 1 rings (SSSR count). The maximum atomic E-state index is 12.2. The van der Waals surface area contributed by atoms with E-state index in [2.05, 4.69) is 14.9 Å². The van der Waals surface area contributed by atoms with Crippen LogP contribution < -0.4 is 4.74 Å². The minimum absolute atomic E-state index is 0.172. The highest BCUT2D eigenvalue weighted by Crippen LogP contribution is 2.35. The molecule has 0 amide bonds. The molecule has 0 aliphatic rings. The van der Waals surface area contributed by atoms with Crippen molar-refractivity contribution < 1.29 is 26.7 Å². The average molecular weight is 216 g/mol. The van der Waals surface area contributed by atoms with Crippen LogP contribution in [0.3, 0.4) is 0 Å². The third-order valence-corrected chi connectivity index (χ3v) is 1.31. The third-order valence-electron chi connectivity index (χ3n) is 1.31. The fraction of sp³-hybridized carbons (Fsp3) is 0.500. The van der Waals surface area contributed by atoms with Gasteiger partial charge in [-0.05, 0) is 0 Å². The van der Waals surface area contributed by atoms with Gasteiger partial charge in [-0.25, -0.2) is 0 Å². The van der Waals surface area contributed by atoms with Gasteiger partial charge in [-0.3, -0.25) is 5.10 Å². The number of nitrogens with one attached hydrogen (secondary N) is 1. The van der Waals surface area contributed by atoms with Crippen molar-refractivity contribution in [2.24, 2.45) is 0 Å². The van der Waals surface area contributed by atoms with Crippen LogP contribution in [0, 0.1) is 0 Å². The van der Waals surface area contributed by atoms with Crippen molar-refractivity contribution in [3.8, 4) is 5.75 Å². The second kappa shape index (κ2) is 3.43. The van der Waals surface area contributed by atoms with Crippen LogP contribution in [0.4, 0.5) is 22.0 Å². The first-order valence-electron chi connectivity index (χ1n) is 3.39. The van der Waals surface area contributed by atoms with Crippen molar-refractivity contribution in [3.63, 3.8) is 0 Å². The summed E-state index contributed by atoms with van der Waals surface area (Å²) in [6.07, 6.45) is -3.55. The summed E-state index contributed by atoms with van der Waals surface area (Å²) in [7, 11) is 0. The molecule has 80 valence electrons. The molecule has 0 saturated heterocycles. The van der Waals surface area contributed by atoms with Gasteiger partial charge in [0.1, 0.15) is 0 Å². The Labute approximate surface area is 74.9 Å². The van der Waals surface area contributed by atoms with Crippen molar-refractivity contribution >= 4 is 0 Å². The van der Waals surface area contributed by atoms with Gasteiger partial charge in [0.25, 0.3) is 0 Å². The van der Waals surface area contributed by atoms with E-state index in [0.29, 0.717) is 0 Å². The van der Waals surface area contributed by atoms with Gasteiger partial charge in [-0.1, -0.05) is 0 Å². The van der Waals surface area contributed by atoms with Crippen molar-refractivity contribution in [1.29, 1.82) is 0 Å². The van der Waals surface area contributed by atoms with Gasteiger partial charge in [-0.2, -0.15) is 27.1 Å². The normalized spacial score (nSPS) is 12.9. The number of H-pyrrole nitrogens is 1. The van der Waals surface area contributed by atoms with Gasteiger partial charge in [0.2, 0.25) is 0 Å². The van der Waals surface area contributed by atoms with Crippen molar-refractivity contribution in [3.05, 3.63) is 12.4 Å². The Morgan fingerprint density at radius 1 is 1.29 bits per heavy atom. The van der Waals surface area contributed by atoms with Crippen LogP contribution in [0.5, 0.6) is 5.75 Å². The first-order valence-corrected chi connectivity index (χ1v) is 3.39. The highest BCUT2D eigenvalue weighted by molar-refractivity contribution is 5.10. The highest BCUT2D eigenvalue weighted by atomic mass is 19.4. The molecule has 3 nitrogen and oxygen atoms in total. The summed E-state index contributed by atoms with van der Waals surface area (Å²) in [5.41, 5.74) is 0. The van der Waals surface area contributed by atoms with Gasteiger partial charge in [0, 0.05) is 0 Å². The Balaban J connectivity index is 2.53. The SMILES string of the molecule is FC(F)(F)C(F)(F)COc1cn[nH]c1. The molecule has 8 heteroatoms. The Hall–Kier alpha value is -1.34. The highest BCUT2D eigenvalue weighted by Gasteiger charge is 2.58. The molecule has 1 N–H and O–H groups in total. The third kappa shape index (κ3) is 2.33. The number of aromatic nitrogens is 2. The monoisotopic (exact) mass is 216 g/mol. The summed E-state index contributed by atoms with van der Waals surface area (Å²) in [6, 6.07) is 0. The van der Waals surface area contributed by atoms with Crippen LogP contribution in [0.15, 0.2) is 12.4 Å². The maximum absolute atomic E-state index is 12.2. The topological polar surface area (TPSA) is 37.9 Å². The number of halogens is 5. The Kier molecular flexibility index (Phi) is 2.63. The standard InChI is InChI=1S/C6H5F5N2O/c7-5(8,6(9,10)11)3-14-4-1-12-13-2-4/h1-2H,3H2,(H,12,13). The molecule has 0 aromatic carbocycles. The average Bonchev–Trinajstić information content (AvgIpc) is 2.50. The van der Waals surface area contributed by atoms with E-state index in [1.54, 1.807) is 0 Å². The van der Waals surface area contributed by atoms with E-state index < -0.39 is 18.7 Å². The lowest BCUT2D eigenvalue weighted by atomic mass is 10.3. The molecule has 0 aliphatic heterocycles. The van der Waals surface area contributed by atoms with Crippen LogP contribution in [0.25, 0.3) is 0 Å². The molecule has 1 aromatic heterocycles. The van der Waals surface area contributed by atoms with E-state index in [1.165, 1.54) is 0 Å². The number of aromatic amines is 1. The molecule has 0 atom stereocenters. The van der Waals surface area contributed by atoms with Gasteiger partial charge in [0.05, 0.1) is 12.4 Å². The first kappa shape index (κ1) is 10.7. The molecule has 1 aromatic rings. The van der Waals surface area contributed by atoms with E-state index in [4.69, 9.17) is 0 Å². The van der Waals surface area contributed by atoms with Gasteiger partial charge >= 0.3 is 12.1 Å². The molecular formula is C6H5F5N2O. The molecule has 0 bridgehead atoms. The zero-order chi connectivity index (χ0) is 10.8. The summed E-state index contributed by atoms with van der Waals surface area (Å²) >= 11 is 0. The second-order valence-corrected chi connectivity index (χ2v) is 2.42. The molecule has 0 unspecified atom stereocenters. The second-order valence-electron chi connectivity index (χ2n) is 2.42. The number of alkyl halides is 5. The smallest absolute Gasteiger partial charge is 0.456 e. The van der Waals surface area contributed by atoms with E-state index in [0.717, 1.165) is 12.4 Å². The molecule has 0 aliphatic carbocycles. The fourth-order valence-corrected chi connectivity index (χ4v) is 0.574. The predicted molar refractivity (Wildman–Crippen MR) is 35.1 cm³/mol. The van der Waals surface area contributed by atoms with Crippen molar-refractivity contribution in [2.75, 3.05) is 6.61 Å². The quantitative estimate of drug-likeness (QED) is 0.784. The summed E-state index contributed by atoms with van der Waals surface area (Å²) < 4.78 is 63.5. The maximum Gasteiger partial charge on any atom is 0.456 e. The predicted octanol–water partition coefficient (Wildman–Crippen LogP) is 1.99. The fourth-order valence-electron chi connectivity index (χ4n) is 0.574. The summed E-state index contributed by atoms with van der Waals surface area (Å²) in [6.45, 7) is -1.75. The summed E-state index contributed by atoms with van der Waals surface area (Å²) in [5.74, 6) is -5.03. The Morgan fingerprint density at radius 2 is 1.93 bits per heavy atom. The van der Waals surface area contributed by atoms with Gasteiger partial charge < -0.3 is 4.74 Å². The van der Waals surface area contributed by atoms with Crippen LogP contribution in [-0.4, -0.2) is 28.9 Å². The van der Waals surface area contributed by atoms with Gasteiger partial charge in [0.15, 0.2) is 12.4 Å². The van der Waals surface area contributed by atoms with E-state index in [9.17, 15) is 22.0 Å². The Morgan fingerprint density at radius 3 is 2.36 bits per heavy atom. The molecular weight excluding hydrogens is 211 g/mol. The molecule has 0 saturated carbocycles. The molecule has 0 fully saturated rings. The number of ether oxygens (including phenoxy) is 1. The Bertz CT molecular complexity index is 281. The lowest BCUT2D eigenvalue weighted by molar-refractivity contribution is -0.290. The van der Waals surface area contributed by atoms with E-state index in [-0.39, 0.29) is 5.75 Å². The summed E-state index contributed by atoms with van der Waals surface area (Å²) in [4.78, 5) is 0. The zero-order valence-corrected chi connectivity index (χ0v) is 6.61. The number of rotatable bonds is 3. The number of nitrogens with zero attached hydrogens (tertiary/aromatic N) is 1. The largest absolute Gasteiger partial charge is 0.484 e. The minimum atomic E-state index is -5.60. The molecule has 0 spiro atoms. The lowest BCUT2D eigenvalue weighted by Crippen LogP contribution is -2.41.